The van der Waals surface area contributed by atoms with E-state index in [1.54, 1.807) is 0 Å². The molecule has 0 aliphatic rings. The van der Waals surface area contributed by atoms with Crippen LogP contribution in [0.25, 0.3) is 0 Å². The van der Waals surface area contributed by atoms with Gasteiger partial charge in [0.15, 0.2) is 12.2 Å². The molecule has 0 aliphatic heterocycles. The molecular formula is C69H134O17P2. The summed E-state index contributed by atoms with van der Waals surface area (Å²) in [7, 11) is -9.89. The normalized spacial score (nSPS) is 14.2. The Bertz CT molecular complexity index is 1720. The highest BCUT2D eigenvalue weighted by Gasteiger charge is 2.30. The fraction of sp³-hybridized carbons (Fsp3) is 0.942. The van der Waals surface area contributed by atoms with E-state index in [0.717, 1.165) is 103 Å². The number of carbonyl (C=O) groups is 4. The summed E-state index contributed by atoms with van der Waals surface area (Å²) in [6, 6.07) is 0. The molecule has 522 valence electrons. The zero-order valence-electron chi connectivity index (χ0n) is 57.0. The highest BCUT2D eigenvalue weighted by atomic mass is 31.2. The van der Waals surface area contributed by atoms with Crippen molar-refractivity contribution in [2.24, 2.45) is 11.8 Å². The van der Waals surface area contributed by atoms with Gasteiger partial charge in [0.2, 0.25) is 0 Å². The number of hydrogen-bond acceptors (Lipinski definition) is 15. The lowest BCUT2D eigenvalue weighted by atomic mass is 10.0. The lowest BCUT2D eigenvalue weighted by Crippen LogP contribution is -2.30. The molecule has 0 rings (SSSR count). The molecule has 17 nitrogen and oxygen atoms in total. The molecule has 0 fully saturated rings. The number of carbonyl (C=O) groups excluding carboxylic acids is 4. The van der Waals surface area contributed by atoms with Crippen LogP contribution in [0.1, 0.15) is 350 Å². The smallest absolute Gasteiger partial charge is 0.462 e. The van der Waals surface area contributed by atoms with Gasteiger partial charge in [0, 0.05) is 25.7 Å². The first-order valence-electron chi connectivity index (χ1n) is 36.0. The third-order valence-electron chi connectivity index (χ3n) is 16.0. The molecule has 2 unspecified atom stereocenters. The molecule has 0 aromatic rings. The summed E-state index contributed by atoms with van der Waals surface area (Å²) in [4.78, 5) is 72.4. The van der Waals surface area contributed by atoms with E-state index in [2.05, 4.69) is 41.5 Å². The zero-order chi connectivity index (χ0) is 65.0. The first-order chi connectivity index (χ1) is 42.4. The summed E-state index contributed by atoms with van der Waals surface area (Å²) in [5, 5.41) is 10.6. The first-order valence-corrected chi connectivity index (χ1v) is 39.0. The molecule has 0 aliphatic carbocycles. The molecule has 0 saturated carbocycles. The van der Waals surface area contributed by atoms with E-state index in [4.69, 9.17) is 37.0 Å². The number of ether oxygens (including phenoxy) is 4. The number of aliphatic hydroxyl groups is 1. The third kappa shape index (κ3) is 62.8. The van der Waals surface area contributed by atoms with Crippen LogP contribution in [0.2, 0.25) is 0 Å². The molecule has 0 bridgehead atoms. The van der Waals surface area contributed by atoms with Crippen molar-refractivity contribution >= 4 is 39.5 Å². The summed E-state index contributed by atoms with van der Waals surface area (Å²) in [5.41, 5.74) is 0. The maximum absolute atomic E-state index is 13.0. The maximum atomic E-state index is 13.0. The van der Waals surface area contributed by atoms with Crippen LogP contribution in [0, 0.1) is 11.8 Å². The zero-order valence-corrected chi connectivity index (χ0v) is 58.8. The van der Waals surface area contributed by atoms with Gasteiger partial charge in [-0.2, -0.15) is 0 Å². The van der Waals surface area contributed by atoms with E-state index in [1.165, 1.54) is 154 Å². The van der Waals surface area contributed by atoms with Crippen molar-refractivity contribution < 1.29 is 80.2 Å². The minimum absolute atomic E-state index is 0.105. The van der Waals surface area contributed by atoms with E-state index >= 15 is 0 Å². The van der Waals surface area contributed by atoms with Gasteiger partial charge in [0.25, 0.3) is 0 Å². The number of phosphoric acid groups is 2. The average Bonchev–Trinajstić information content (AvgIpc) is 3.51. The van der Waals surface area contributed by atoms with Crippen LogP contribution in [-0.4, -0.2) is 96.7 Å². The van der Waals surface area contributed by atoms with E-state index in [-0.39, 0.29) is 25.7 Å². The maximum Gasteiger partial charge on any atom is 0.472 e. The van der Waals surface area contributed by atoms with Crippen molar-refractivity contribution in [3.63, 3.8) is 0 Å². The van der Waals surface area contributed by atoms with Crippen LogP contribution in [0.4, 0.5) is 0 Å². The SMILES string of the molecule is CCCCCCCCCCCCCCCCCCCCCC(=O)O[C@H](COC(=O)CCCCCCCCCC(C)C)COP(=O)(O)OC[C@@H](O)COP(=O)(O)OC[C@@H](COC(=O)CCCCCCCCC(C)C)OC(=O)CCCCCCCCCCCC. The van der Waals surface area contributed by atoms with Crippen molar-refractivity contribution in [3.8, 4) is 0 Å². The van der Waals surface area contributed by atoms with Crippen LogP contribution in [0.5, 0.6) is 0 Å². The monoisotopic (exact) mass is 1300 g/mol. The van der Waals surface area contributed by atoms with Gasteiger partial charge in [-0.25, -0.2) is 9.13 Å². The molecule has 0 amide bonds. The number of hydrogen-bond donors (Lipinski definition) is 3. The molecule has 0 aromatic heterocycles. The summed E-state index contributed by atoms with van der Waals surface area (Å²) < 4.78 is 68.1. The van der Waals surface area contributed by atoms with E-state index in [9.17, 15) is 43.2 Å². The van der Waals surface area contributed by atoms with Crippen molar-refractivity contribution in [1.29, 1.82) is 0 Å². The van der Waals surface area contributed by atoms with Crippen LogP contribution in [-0.2, 0) is 65.4 Å². The van der Waals surface area contributed by atoms with Gasteiger partial charge in [-0.3, -0.25) is 37.3 Å². The van der Waals surface area contributed by atoms with Crippen molar-refractivity contribution in [1.82, 2.24) is 0 Å². The van der Waals surface area contributed by atoms with Crippen molar-refractivity contribution in [2.45, 2.75) is 368 Å². The lowest BCUT2D eigenvalue weighted by Gasteiger charge is -2.21. The van der Waals surface area contributed by atoms with Crippen LogP contribution < -0.4 is 0 Å². The van der Waals surface area contributed by atoms with Crippen molar-refractivity contribution in [3.05, 3.63) is 0 Å². The Balaban J connectivity index is 5.17. The van der Waals surface area contributed by atoms with Crippen molar-refractivity contribution in [2.75, 3.05) is 39.6 Å². The predicted octanol–water partition coefficient (Wildman–Crippen LogP) is 19.6. The van der Waals surface area contributed by atoms with Gasteiger partial charge in [-0.05, 0) is 37.5 Å². The Morgan fingerprint density at radius 1 is 0.307 bits per heavy atom. The summed E-state index contributed by atoms with van der Waals surface area (Å²) >= 11 is 0. The van der Waals surface area contributed by atoms with Crippen LogP contribution in [0.3, 0.4) is 0 Å². The highest BCUT2D eigenvalue weighted by Crippen LogP contribution is 2.45. The molecule has 19 heteroatoms. The minimum Gasteiger partial charge on any atom is -0.462 e. The number of unbranched alkanes of at least 4 members (excludes halogenated alkanes) is 38. The second-order valence-electron chi connectivity index (χ2n) is 25.9. The van der Waals surface area contributed by atoms with Crippen LogP contribution >= 0.6 is 15.6 Å². The lowest BCUT2D eigenvalue weighted by molar-refractivity contribution is -0.161. The minimum atomic E-state index is -4.95. The Morgan fingerprint density at radius 2 is 0.523 bits per heavy atom. The molecular weight excluding hydrogens is 1160 g/mol. The summed E-state index contributed by atoms with van der Waals surface area (Å²) in [5.74, 6) is -0.745. The Kier molecular flexibility index (Phi) is 59.9. The standard InChI is InChI=1S/C69H134O17P2/c1-7-9-11-13-15-17-19-20-21-22-23-24-25-26-27-29-33-42-48-54-69(74)85-64(57-79-66(71)51-45-39-34-30-31-37-43-49-61(3)4)59-83-87(75,76)81-55-63(70)56-82-88(77,78)84-60-65(58-80-67(72)52-46-40-36-35-38-44-50-62(5)6)86-68(73)53-47-41-32-28-18-16-14-12-10-8-2/h61-65,70H,7-60H2,1-6H3,(H,75,76)(H,77,78)/t63-,64-,65-/m1/s1. The Hall–Kier alpha value is -1.94. The summed E-state index contributed by atoms with van der Waals surface area (Å²) in [6.07, 6.45) is 46.2. The van der Waals surface area contributed by atoms with Gasteiger partial charge >= 0.3 is 39.5 Å². The summed E-state index contributed by atoms with van der Waals surface area (Å²) in [6.45, 7) is 9.39. The molecule has 0 aromatic carbocycles. The number of phosphoric ester groups is 2. The number of rotatable bonds is 68. The first kappa shape index (κ1) is 86.1. The topological polar surface area (TPSA) is 237 Å². The molecule has 0 saturated heterocycles. The molecule has 3 N–H and O–H groups in total. The molecule has 0 spiro atoms. The highest BCUT2D eigenvalue weighted by molar-refractivity contribution is 7.47. The fourth-order valence-electron chi connectivity index (χ4n) is 10.4. The fourth-order valence-corrected chi connectivity index (χ4v) is 12.0. The van der Waals surface area contributed by atoms with Gasteiger partial charge in [-0.1, -0.05) is 298 Å². The largest absolute Gasteiger partial charge is 0.472 e. The second-order valence-corrected chi connectivity index (χ2v) is 28.8. The van der Waals surface area contributed by atoms with E-state index in [1.807, 2.05) is 0 Å². The van der Waals surface area contributed by atoms with Gasteiger partial charge < -0.3 is 33.8 Å². The quantitative estimate of drug-likeness (QED) is 0.0222. The average molecular weight is 1300 g/mol. The van der Waals surface area contributed by atoms with Gasteiger partial charge in [-0.15, -0.1) is 0 Å². The van der Waals surface area contributed by atoms with E-state index < -0.39 is 97.5 Å². The van der Waals surface area contributed by atoms with Crippen LogP contribution in [0.15, 0.2) is 0 Å². The molecule has 88 heavy (non-hydrogen) atoms. The third-order valence-corrected chi connectivity index (χ3v) is 17.9. The van der Waals surface area contributed by atoms with E-state index in [0.29, 0.717) is 37.5 Å². The number of aliphatic hydroxyl groups excluding tert-OH is 1. The van der Waals surface area contributed by atoms with Gasteiger partial charge in [0.05, 0.1) is 26.4 Å². The van der Waals surface area contributed by atoms with Gasteiger partial charge in [0.1, 0.15) is 19.3 Å². The predicted molar refractivity (Wildman–Crippen MR) is 354 cm³/mol. The molecule has 5 atom stereocenters. The Morgan fingerprint density at radius 3 is 0.773 bits per heavy atom. The molecule has 0 heterocycles. The molecule has 0 radical (unpaired) electrons. The Labute approximate surface area is 537 Å². The number of esters is 4. The second kappa shape index (κ2) is 61.3.